The number of amides is 1. The molecule has 1 amide bonds. The van der Waals surface area contributed by atoms with Gasteiger partial charge in [-0.1, -0.05) is 0 Å². The zero-order valence-electron chi connectivity index (χ0n) is 9.58. The third-order valence-electron chi connectivity index (χ3n) is 2.82. The molecule has 1 fully saturated rings. The summed E-state index contributed by atoms with van der Waals surface area (Å²) < 4.78 is 0. The number of hydrogen-bond donors (Lipinski definition) is 2. The Morgan fingerprint density at radius 3 is 2.81 bits per heavy atom. The van der Waals surface area contributed by atoms with Crippen LogP contribution in [0, 0.1) is 0 Å². The highest BCUT2D eigenvalue weighted by Crippen LogP contribution is 2.12. The summed E-state index contributed by atoms with van der Waals surface area (Å²) in [5.74, 6) is 0.883. The van der Waals surface area contributed by atoms with Crippen molar-refractivity contribution >= 4 is 5.91 Å². The average Bonchev–Trinajstić information content (AvgIpc) is 2.66. The number of rotatable bonds is 3. The minimum Gasteiger partial charge on any atom is -0.347 e. The number of carbonyl (C=O) groups excluding carboxylic acids is 1. The number of hydrogen-bond acceptors (Lipinski definition) is 3. The molecular formula is C11H16N4O. The van der Waals surface area contributed by atoms with Crippen LogP contribution in [-0.2, 0) is 11.3 Å². The van der Waals surface area contributed by atoms with E-state index in [1.807, 2.05) is 6.92 Å². The second-order valence-electron chi connectivity index (χ2n) is 4.03. The Bertz CT molecular complexity index is 402. The number of imidazole rings is 1. The van der Waals surface area contributed by atoms with E-state index in [0.717, 1.165) is 24.5 Å². The molecule has 0 aromatic carbocycles. The quantitative estimate of drug-likeness (QED) is 0.720. The van der Waals surface area contributed by atoms with Crippen molar-refractivity contribution in [2.24, 2.45) is 0 Å². The Hall–Kier alpha value is -1.62. The van der Waals surface area contributed by atoms with E-state index >= 15 is 0 Å². The summed E-state index contributed by atoms with van der Waals surface area (Å²) in [6, 6.07) is 0. The second kappa shape index (κ2) is 4.49. The zero-order valence-corrected chi connectivity index (χ0v) is 9.58. The Morgan fingerprint density at radius 2 is 2.31 bits per heavy atom. The molecule has 0 radical (unpaired) electrons. The lowest BCUT2D eigenvalue weighted by atomic mass is 10.0. The Morgan fingerprint density at radius 1 is 1.56 bits per heavy atom. The number of nitrogens with one attached hydrogen (secondary N) is 2. The molecule has 2 heterocycles. The molecule has 0 atom stereocenters. The van der Waals surface area contributed by atoms with Crippen molar-refractivity contribution in [1.29, 1.82) is 0 Å². The largest absolute Gasteiger partial charge is 0.347 e. The van der Waals surface area contributed by atoms with E-state index in [0.29, 0.717) is 6.54 Å². The number of aromatic amines is 1. The number of aromatic nitrogens is 2. The minimum atomic E-state index is 0.0768. The van der Waals surface area contributed by atoms with Gasteiger partial charge in [0.05, 0.1) is 6.54 Å². The van der Waals surface area contributed by atoms with Gasteiger partial charge in [-0.2, -0.15) is 0 Å². The summed E-state index contributed by atoms with van der Waals surface area (Å²) in [7, 11) is 1.79. The topological polar surface area (TPSA) is 61.0 Å². The number of H-pyrrole nitrogens is 1. The molecule has 0 unspecified atom stereocenters. The van der Waals surface area contributed by atoms with Gasteiger partial charge < -0.3 is 15.2 Å². The lowest BCUT2D eigenvalue weighted by molar-refractivity contribution is -0.126. The maximum absolute atomic E-state index is 12.0. The third kappa shape index (κ3) is 2.14. The average molecular weight is 220 g/mol. The van der Waals surface area contributed by atoms with E-state index in [2.05, 4.69) is 15.3 Å². The fourth-order valence-corrected chi connectivity index (χ4v) is 1.63. The highest BCUT2D eigenvalue weighted by Gasteiger charge is 2.19. The van der Waals surface area contributed by atoms with Gasteiger partial charge in [0.2, 0.25) is 5.91 Å². The molecule has 0 saturated carbocycles. The van der Waals surface area contributed by atoms with Gasteiger partial charge in [0.1, 0.15) is 5.82 Å². The molecule has 0 spiro atoms. The molecule has 0 bridgehead atoms. The van der Waals surface area contributed by atoms with Gasteiger partial charge in [-0.3, -0.25) is 4.79 Å². The van der Waals surface area contributed by atoms with E-state index in [4.69, 9.17) is 0 Å². The van der Waals surface area contributed by atoms with Gasteiger partial charge in [0.15, 0.2) is 0 Å². The molecule has 16 heavy (non-hydrogen) atoms. The van der Waals surface area contributed by atoms with E-state index in [9.17, 15) is 4.79 Å². The Labute approximate surface area is 94.6 Å². The maximum Gasteiger partial charge on any atom is 0.249 e. The Kier molecular flexibility index (Phi) is 3.05. The summed E-state index contributed by atoms with van der Waals surface area (Å²) in [5.41, 5.74) is 2.06. The van der Waals surface area contributed by atoms with E-state index < -0.39 is 0 Å². The van der Waals surface area contributed by atoms with Gasteiger partial charge in [-0.25, -0.2) is 4.98 Å². The number of nitrogens with zero attached hydrogens (tertiary/aromatic N) is 2. The summed E-state index contributed by atoms with van der Waals surface area (Å²) in [4.78, 5) is 20.8. The van der Waals surface area contributed by atoms with Crippen LogP contribution < -0.4 is 5.32 Å². The van der Waals surface area contributed by atoms with Crippen LogP contribution in [0.5, 0.6) is 0 Å². The van der Waals surface area contributed by atoms with E-state index in [1.165, 1.54) is 5.57 Å². The van der Waals surface area contributed by atoms with Crippen molar-refractivity contribution in [3.8, 4) is 0 Å². The first-order valence-electron chi connectivity index (χ1n) is 5.31. The highest BCUT2D eigenvalue weighted by molar-refractivity contribution is 5.93. The fraction of sp³-hybridized carbons (Fsp3) is 0.455. The van der Waals surface area contributed by atoms with Crippen LogP contribution in [0.15, 0.2) is 23.5 Å². The minimum absolute atomic E-state index is 0.0768. The molecule has 5 heteroatoms. The molecule has 1 aromatic heterocycles. The summed E-state index contributed by atoms with van der Waals surface area (Å²) in [6.07, 6.45) is 3.45. The zero-order chi connectivity index (χ0) is 11.5. The summed E-state index contributed by atoms with van der Waals surface area (Å²) >= 11 is 0. The normalized spacial score (nSPS) is 14.5. The Balaban J connectivity index is 1.99. The molecule has 5 nitrogen and oxygen atoms in total. The van der Waals surface area contributed by atoms with Crippen molar-refractivity contribution in [2.45, 2.75) is 13.5 Å². The van der Waals surface area contributed by atoms with Gasteiger partial charge in [-0.15, -0.1) is 0 Å². The van der Waals surface area contributed by atoms with E-state index in [1.54, 1.807) is 24.3 Å². The maximum atomic E-state index is 12.0. The molecule has 2 rings (SSSR count). The van der Waals surface area contributed by atoms with Crippen molar-refractivity contribution in [3.63, 3.8) is 0 Å². The lowest BCUT2D eigenvalue weighted by Gasteiger charge is -2.24. The molecule has 0 aliphatic carbocycles. The van der Waals surface area contributed by atoms with Gasteiger partial charge in [0, 0.05) is 38.1 Å². The summed E-state index contributed by atoms with van der Waals surface area (Å²) in [5, 5.41) is 3.13. The molecular weight excluding hydrogens is 204 g/mol. The predicted molar refractivity (Wildman–Crippen MR) is 60.6 cm³/mol. The second-order valence-corrected chi connectivity index (χ2v) is 4.03. The predicted octanol–water partition coefficient (Wildman–Crippen LogP) is 0.288. The lowest BCUT2D eigenvalue weighted by Crippen LogP contribution is -2.38. The van der Waals surface area contributed by atoms with Crippen LogP contribution in [0.25, 0.3) is 0 Å². The van der Waals surface area contributed by atoms with Crippen LogP contribution in [0.2, 0.25) is 0 Å². The number of carbonyl (C=O) groups is 1. The molecule has 86 valence electrons. The van der Waals surface area contributed by atoms with Crippen LogP contribution in [-0.4, -0.2) is 40.9 Å². The SMILES string of the molecule is CC(C(=O)N(C)Cc1ncc[nH]1)=C1CNC1. The molecule has 1 saturated heterocycles. The van der Waals surface area contributed by atoms with Crippen LogP contribution >= 0.6 is 0 Å². The van der Waals surface area contributed by atoms with E-state index in [-0.39, 0.29) is 5.91 Å². The highest BCUT2D eigenvalue weighted by atomic mass is 16.2. The van der Waals surface area contributed by atoms with Gasteiger partial charge in [0.25, 0.3) is 0 Å². The third-order valence-corrected chi connectivity index (χ3v) is 2.82. The first kappa shape index (κ1) is 10.9. The smallest absolute Gasteiger partial charge is 0.249 e. The first-order valence-corrected chi connectivity index (χ1v) is 5.31. The molecule has 1 aliphatic rings. The van der Waals surface area contributed by atoms with Crippen LogP contribution in [0.4, 0.5) is 0 Å². The first-order chi connectivity index (χ1) is 7.68. The fourth-order valence-electron chi connectivity index (χ4n) is 1.63. The number of likely N-dealkylation sites (N-methyl/N-ethyl adjacent to an activating group) is 1. The van der Waals surface area contributed by atoms with Crippen LogP contribution in [0.1, 0.15) is 12.7 Å². The van der Waals surface area contributed by atoms with Crippen molar-refractivity contribution in [3.05, 3.63) is 29.4 Å². The molecule has 2 N–H and O–H groups in total. The standard InChI is InChI=1S/C11H16N4O/c1-8(9-5-12-6-9)11(16)15(2)7-10-13-3-4-14-10/h3-4,12H,5-7H2,1-2H3,(H,13,14). The van der Waals surface area contributed by atoms with Gasteiger partial charge >= 0.3 is 0 Å². The van der Waals surface area contributed by atoms with Crippen molar-refractivity contribution in [2.75, 3.05) is 20.1 Å². The molecule has 1 aromatic rings. The van der Waals surface area contributed by atoms with Crippen molar-refractivity contribution in [1.82, 2.24) is 20.2 Å². The monoisotopic (exact) mass is 220 g/mol. The molecule has 1 aliphatic heterocycles. The summed E-state index contributed by atoms with van der Waals surface area (Å²) in [6.45, 7) is 4.08. The van der Waals surface area contributed by atoms with Gasteiger partial charge in [-0.05, 0) is 12.5 Å². The van der Waals surface area contributed by atoms with Crippen LogP contribution in [0.3, 0.4) is 0 Å². The van der Waals surface area contributed by atoms with Crippen molar-refractivity contribution < 1.29 is 4.79 Å².